The highest BCUT2D eigenvalue weighted by molar-refractivity contribution is 5.97. The molecule has 6 nitrogen and oxygen atoms in total. The molecular weight excluding hydrogens is 352 g/mol. The molecule has 0 saturated carbocycles. The van der Waals surface area contributed by atoms with Crippen LogP contribution in [0.3, 0.4) is 0 Å². The molecule has 0 bridgehead atoms. The number of rotatable bonds is 3. The van der Waals surface area contributed by atoms with Crippen molar-refractivity contribution in [2.24, 2.45) is 7.05 Å². The van der Waals surface area contributed by atoms with Crippen LogP contribution in [0.2, 0.25) is 0 Å². The third kappa shape index (κ3) is 3.55. The Morgan fingerprint density at radius 3 is 2.46 bits per heavy atom. The predicted octanol–water partition coefficient (Wildman–Crippen LogP) is 2.20. The summed E-state index contributed by atoms with van der Waals surface area (Å²) in [6.07, 6.45) is 0. The fourth-order valence-corrected chi connectivity index (χ4v) is 3.74. The molecule has 0 unspecified atom stereocenters. The smallest absolute Gasteiger partial charge is 0.272 e. The van der Waals surface area contributed by atoms with Gasteiger partial charge in [0.2, 0.25) is 0 Å². The largest absolute Gasteiger partial charge is 0.336 e. The van der Waals surface area contributed by atoms with Gasteiger partial charge in [-0.05, 0) is 30.7 Å². The summed E-state index contributed by atoms with van der Waals surface area (Å²) in [6.45, 7) is 5.76. The maximum absolute atomic E-state index is 13.0. The monoisotopic (exact) mass is 376 g/mol. The molecule has 144 valence electrons. The lowest BCUT2D eigenvalue weighted by molar-refractivity contribution is 0.0628. The molecule has 2 aromatic carbocycles. The molecule has 1 aliphatic rings. The van der Waals surface area contributed by atoms with E-state index < -0.39 is 0 Å². The van der Waals surface area contributed by atoms with Crippen molar-refractivity contribution in [3.05, 3.63) is 75.7 Å². The summed E-state index contributed by atoms with van der Waals surface area (Å²) in [6, 6.07) is 15.8. The number of nitrogens with zero attached hydrogens (tertiary/aromatic N) is 4. The van der Waals surface area contributed by atoms with Gasteiger partial charge in [0, 0.05) is 45.3 Å². The van der Waals surface area contributed by atoms with Crippen molar-refractivity contribution in [3.8, 4) is 0 Å². The maximum atomic E-state index is 13.0. The SMILES string of the molecule is Cc1nc2cc(C(=O)N3CCN(Cc4ccccc4)CC3)ccc2n(C)c1=O. The summed E-state index contributed by atoms with van der Waals surface area (Å²) in [5, 5.41) is 0. The van der Waals surface area contributed by atoms with E-state index in [4.69, 9.17) is 0 Å². The van der Waals surface area contributed by atoms with Crippen LogP contribution in [0.15, 0.2) is 53.3 Å². The molecule has 2 heterocycles. The van der Waals surface area contributed by atoms with E-state index in [0.717, 1.165) is 25.2 Å². The highest BCUT2D eigenvalue weighted by Crippen LogP contribution is 2.16. The molecule has 0 N–H and O–H groups in total. The summed E-state index contributed by atoms with van der Waals surface area (Å²) in [5.74, 6) is 0.0227. The minimum Gasteiger partial charge on any atom is -0.336 e. The van der Waals surface area contributed by atoms with Crippen LogP contribution in [0.4, 0.5) is 0 Å². The molecule has 4 rings (SSSR count). The van der Waals surface area contributed by atoms with Crippen LogP contribution >= 0.6 is 0 Å². The minimum absolute atomic E-state index is 0.0227. The van der Waals surface area contributed by atoms with Crippen LogP contribution in [0.25, 0.3) is 11.0 Å². The first-order valence-corrected chi connectivity index (χ1v) is 9.56. The molecule has 1 aromatic heterocycles. The van der Waals surface area contributed by atoms with Gasteiger partial charge in [0.05, 0.1) is 11.0 Å². The summed E-state index contributed by atoms with van der Waals surface area (Å²) >= 11 is 0. The highest BCUT2D eigenvalue weighted by atomic mass is 16.2. The van der Waals surface area contributed by atoms with Crippen LogP contribution in [0.1, 0.15) is 21.6 Å². The third-order valence-corrected chi connectivity index (χ3v) is 5.39. The van der Waals surface area contributed by atoms with Gasteiger partial charge in [0.1, 0.15) is 5.69 Å². The highest BCUT2D eigenvalue weighted by Gasteiger charge is 2.22. The van der Waals surface area contributed by atoms with Gasteiger partial charge in [-0.1, -0.05) is 30.3 Å². The molecule has 1 fully saturated rings. The van der Waals surface area contributed by atoms with Gasteiger partial charge < -0.3 is 9.47 Å². The summed E-state index contributed by atoms with van der Waals surface area (Å²) in [4.78, 5) is 33.6. The average molecular weight is 376 g/mol. The molecule has 1 aliphatic heterocycles. The maximum Gasteiger partial charge on any atom is 0.272 e. The van der Waals surface area contributed by atoms with E-state index in [0.29, 0.717) is 29.9 Å². The number of aromatic nitrogens is 2. The first kappa shape index (κ1) is 18.4. The Hall–Kier alpha value is -2.99. The number of piperazine rings is 1. The van der Waals surface area contributed by atoms with Gasteiger partial charge in [-0.3, -0.25) is 14.5 Å². The van der Waals surface area contributed by atoms with Crippen molar-refractivity contribution >= 4 is 16.9 Å². The number of carbonyl (C=O) groups excluding carboxylic acids is 1. The zero-order chi connectivity index (χ0) is 19.7. The van der Waals surface area contributed by atoms with Crippen LogP contribution in [0, 0.1) is 6.92 Å². The molecule has 0 aliphatic carbocycles. The van der Waals surface area contributed by atoms with E-state index in [1.54, 1.807) is 30.7 Å². The molecule has 0 radical (unpaired) electrons. The topological polar surface area (TPSA) is 58.4 Å². The molecule has 6 heteroatoms. The summed E-state index contributed by atoms with van der Waals surface area (Å²) in [7, 11) is 1.73. The second-order valence-electron chi connectivity index (χ2n) is 7.32. The quantitative estimate of drug-likeness (QED) is 0.703. The summed E-state index contributed by atoms with van der Waals surface area (Å²) < 4.78 is 1.58. The molecule has 28 heavy (non-hydrogen) atoms. The number of fused-ring (bicyclic) bond motifs is 1. The molecule has 1 saturated heterocycles. The second kappa shape index (κ2) is 7.56. The number of hydrogen-bond donors (Lipinski definition) is 0. The van der Waals surface area contributed by atoms with Crippen LogP contribution in [-0.2, 0) is 13.6 Å². The van der Waals surface area contributed by atoms with Crippen LogP contribution < -0.4 is 5.56 Å². The van der Waals surface area contributed by atoms with Crippen molar-refractivity contribution < 1.29 is 4.79 Å². The van der Waals surface area contributed by atoms with E-state index >= 15 is 0 Å². The van der Waals surface area contributed by atoms with Gasteiger partial charge in [-0.25, -0.2) is 4.98 Å². The van der Waals surface area contributed by atoms with Crippen molar-refractivity contribution in [2.45, 2.75) is 13.5 Å². The van der Waals surface area contributed by atoms with Crippen molar-refractivity contribution in [3.63, 3.8) is 0 Å². The van der Waals surface area contributed by atoms with E-state index in [9.17, 15) is 9.59 Å². The van der Waals surface area contributed by atoms with E-state index in [2.05, 4.69) is 34.1 Å². The van der Waals surface area contributed by atoms with Crippen molar-refractivity contribution in [2.75, 3.05) is 26.2 Å². The Labute approximate surface area is 164 Å². The predicted molar refractivity (Wildman–Crippen MR) is 109 cm³/mol. The third-order valence-electron chi connectivity index (χ3n) is 5.39. The van der Waals surface area contributed by atoms with E-state index in [1.807, 2.05) is 17.0 Å². The van der Waals surface area contributed by atoms with E-state index in [1.165, 1.54) is 5.56 Å². The lowest BCUT2D eigenvalue weighted by Crippen LogP contribution is -2.48. The molecule has 0 spiro atoms. The van der Waals surface area contributed by atoms with Gasteiger partial charge in [-0.2, -0.15) is 0 Å². The standard InChI is InChI=1S/C22H24N4O2/c1-16-21(27)24(2)20-9-8-18(14-19(20)23-16)22(28)26-12-10-25(11-13-26)15-17-6-4-3-5-7-17/h3-9,14H,10-13,15H2,1-2H3. The lowest BCUT2D eigenvalue weighted by atomic mass is 10.1. The second-order valence-corrected chi connectivity index (χ2v) is 7.32. The van der Waals surface area contributed by atoms with Crippen molar-refractivity contribution in [1.82, 2.24) is 19.4 Å². The Morgan fingerprint density at radius 2 is 1.75 bits per heavy atom. The number of aryl methyl sites for hydroxylation is 2. The van der Waals surface area contributed by atoms with Gasteiger partial charge in [0.15, 0.2) is 0 Å². The number of hydrogen-bond acceptors (Lipinski definition) is 4. The lowest BCUT2D eigenvalue weighted by Gasteiger charge is -2.34. The number of carbonyl (C=O) groups is 1. The molecule has 1 amide bonds. The van der Waals surface area contributed by atoms with Gasteiger partial charge >= 0.3 is 0 Å². The first-order valence-electron chi connectivity index (χ1n) is 9.56. The number of amides is 1. The minimum atomic E-state index is -0.110. The normalized spacial score (nSPS) is 15.1. The Bertz CT molecular complexity index is 1070. The molecule has 0 atom stereocenters. The fraction of sp³-hybridized carbons (Fsp3) is 0.318. The Balaban J connectivity index is 1.46. The number of benzene rings is 2. The average Bonchev–Trinajstić information content (AvgIpc) is 2.72. The molecular formula is C22H24N4O2. The zero-order valence-corrected chi connectivity index (χ0v) is 16.3. The fourth-order valence-electron chi connectivity index (χ4n) is 3.74. The molecule has 3 aromatic rings. The van der Waals surface area contributed by atoms with E-state index in [-0.39, 0.29) is 11.5 Å². The van der Waals surface area contributed by atoms with Gasteiger partial charge in [0.25, 0.3) is 11.5 Å². The van der Waals surface area contributed by atoms with Gasteiger partial charge in [-0.15, -0.1) is 0 Å². The first-order chi connectivity index (χ1) is 13.5. The van der Waals surface area contributed by atoms with Crippen molar-refractivity contribution in [1.29, 1.82) is 0 Å². The summed E-state index contributed by atoms with van der Waals surface area (Å²) in [5.41, 5.74) is 3.65. The van der Waals surface area contributed by atoms with Crippen LogP contribution in [0.5, 0.6) is 0 Å². The zero-order valence-electron chi connectivity index (χ0n) is 16.3. The Morgan fingerprint density at radius 1 is 1.04 bits per heavy atom. The Kier molecular flexibility index (Phi) is 4.96. The van der Waals surface area contributed by atoms with Crippen LogP contribution in [-0.4, -0.2) is 51.4 Å².